The molecule has 0 bridgehead atoms. The van der Waals surface area contributed by atoms with Gasteiger partial charge in [-0.15, -0.1) is 0 Å². The lowest BCUT2D eigenvalue weighted by Crippen LogP contribution is -2.68. The van der Waals surface area contributed by atoms with Gasteiger partial charge < -0.3 is 31.3 Å². The molecule has 7 N–H and O–H groups in total. The number of aliphatic hydroxyl groups is 4. The van der Waals surface area contributed by atoms with Gasteiger partial charge in [0.15, 0.2) is 11.4 Å². The lowest BCUT2D eigenvalue weighted by atomic mass is 9.56. The fourth-order valence-corrected chi connectivity index (χ4v) is 5.68. The van der Waals surface area contributed by atoms with Crippen LogP contribution in [-0.4, -0.2) is 79.7 Å². The van der Waals surface area contributed by atoms with Gasteiger partial charge >= 0.3 is 0 Å². The Morgan fingerprint density at radius 2 is 1.79 bits per heavy atom. The lowest BCUT2D eigenvalue weighted by molar-refractivity contribution is -0.159. The Morgan fingerprint density at radius 3 is 2.32 bits per heavy atom. The summed E-state index contributed by atoms with van der Waals surface area (Å²) in [5.41, 5.74) is 1.92. The number of aromatic hydroxyl groups is 1. The van der Waals surface area contributed by atoms with Crippen LogP contribution in [0.2, 0.25) is 0 Å². The van der Waals surface area contributed by atoms with Gasteiger partial charge in [-0.2, -0.15) is 0 Å². The highest BCUT2D eigenvalue weighted by atomic mass is 16.4. The second kappa shape index (κ2) is 7.52. The molecular formula is C24H26N2O8. The lowest BCUT2D eigenvalue weighted by Gasteiger charge is -2.52. The number of aliphatic hydroxyl groups excluding tert-OH is 3. The van der Waals surface area contributed by atoms with E-state index in [0.717, 1.165) is 0 Å². The summed E-state index contributed by atoms with van der Waals surface area (Å²) in [7, 11) is 2.95. The van der Waals surface area contributed by atoms with Crippen molar-refractivity contribution in [3.8, 4) is 5.75 Å². The Kier molecular flexibility index (Phi) is 5.24. The number of aryl methyl sites for hydroxylation is 1. The van der Waals surface area contributed by atoms with Gasteiger partial charge in [0.25, 0.3) is 5.91 Å². The Morgan fingerprint density at radius 1 is 1.18 bits per heavy atom. The fourth-order valence-electron chi connectivity index (χ4n) is 5.68. The molecule has 0 aliphatic heterocycles. The Bertz CT molecular complexity index is 1240. The number of likely N-dealkylation sites (N-methyl/N-ethyl adjacent to an activating group) is 1. The topological polar surface area (TPSA) is 182 Å². The van der Waals surface area contributed by atoms with E-state index in [4.69, 9.17) is 5.73 Å². The highest BCUT2D eigenvalue weighted by Gasteiger charge is 2.67. The van der Waals surface area contributed by atoms with Crippen molar-refractivity contribution < 1.29 is 39.9 Å². The van der Waals surface area contributed by atoms with Crippen LogP contribution in [-0.2, 0) is 16.0 Å². The maximum atomic E-state index is 13.5. The second-order valence-electron chi connectivity index (χ2n) is 9.09. The van der Waals surface area contributed by atoms with Crippen molar-refractivity contribution in [2.24, 2.45) is 17.6 Å². The molecule has 0 heterocycles. The molecule has 1 aromatic rings. The second-order valence-corrected chi connectivity index (χ2v) is 9.09. The molecule has 0 radical (unpaired) electrons. The number of phenols is 1. The summed E-state index contributed by atoms with van der Waals surface area (Å²) >= 11 is 0. The monoisotopic (exact) mass is 470 g/mol. The summed E-state index contributed by atoms with van der Waals surface area (Å²) in [5, 5.41) is 55.5. The average molecular weight is 470 g/mol. The molecule has 10 heteroatoms. The number of benzene rings is 1. The maximum Gasteiger partial charge on any atom is 0.255 e. The van der Waals surface area contributed by atoms with E-state index in [9.17, 15) is 39.9 Å². The fraction of sp³-hybridized carbons (Fsp3) is 0.375. The number of carbonyl (C=O) groups excluding carboxylic acids is 3. The normalized spacial score (nSPS) is 30.9. The summed E-state index contributed by atoms with van der Waals surface area (Å²) in [6.07, 6.45) is -1.22. The third kappa shape index (κ3) is 2.70. The van der Waals surface area contributed by atoms with Crippen molar-refractivity contribution in [1.82, 2.24) is 4.90 Å². The summed E-state index contributed by atoms with van der Waals surface area (Å²) in [6, 6.07) is 1.62. The first-order valence-corrected chi connectivity index (χ1v) is 10.7. The number of amides is 1. The molecule has 10 nitrogen and oxygen atoms in total. The van der Waals surface area contributed by atoms with E-state index in [1.165, 1.54) is 25.1 Å². The Hall–Kier alpha value is -3.47. The van der Waals surface area contributed by atoms with Crippen LogP contribution in [0.3, 0.4) is 0 Å². The van der Waals surface area contributed by atoms with E-state index >= 15 is 0 Å². The van der Waals surface area contributed by atoms with E-state index < -0.39 is 75.5 Å². The Labute approximate surface area is 194 Å². The van der Waals surface area contributed by atoms with Crippen molar-refractivity contribution in [2.75, 3.05) is 14.1 Å². The molecule has 180 valence electrons. The van der Waals surface area contributed by atoms with Gasteiger partial charge in [-0.05, 0) is 43.3 Å². The number of phenolic OH excluding ortho intramolecular Hbond substituents is 1. The number of Topliss-reactive ketones (excluding diaryl/α,β-unsaturated/α-hetero) is 2. The largest absolute Gasteiger partial charge is 0.510 e. The van der Waals surface area contributed by atoms with Crippen LogP contribution in [0.4, 0.5) is 0 Å². The molecule has 3 aliphatic carbocycles. The van der Waals surface area contributed by atoms with Crippen LogP contribution >= 0.6 is 0 Å². The summed E-state index contributed by atoms with van der Waals surface area (Å²) < 4.78 is 0. The number of rotatable bonds is 3. The molecule has 0 saturated carbocycles. The van der Waals surface area contributed by atoms with Crippen LogP contribution < -0.4 is 5.73 Å². The molecule has 4 rings (SSSR count). The van der Waals surface area contributed by atoms with E-state index in [0.29, 0.717) is 17.5 Å². The number of primary amides is 1. The van der Waals surface area contributed by atoms with Crippen molar-refractivity contribution in [3.05, 3.63) is 58.1 Å². The standard InChI is InChI=1S/C24H26N2O8/c1-5-9-6-7-10(27)13-11(9)8(2)12-14(18(13)28)21(31)24(34)16(19(12)29)17(26(3)4)20(30)15(22(24)32)23(25)33/h6-7,12,16-17,19,27,29-31,34H,2,5H2,1,3-4H3,(H2,25,33)/t12-,16-,17+,19+,24+/m0/s1. The molecule has 5 atom stereocenters. The van der Waals surface area contributed by atoms with Crippen LogP contribution in [0.5, 0.6) is 5.75 Å². The molecule has 0 spiro atoms. The zero-order valence-corrected chi connectivity index (χ0v) is 18.9. The van der Waals surface area contributed by atoms with Gasteiger partial charge in [0.1, 0.15) is 22.8 Å². The number of hydrogen-bond donors (Lipinski definition) is 6. The summed E-state index contributed by atoms with van der Waals surface area (Å²) in [5.74, 6) is -8.73. The highest BCUT2D eigenvalue weighted by Crippen LogP contribution is 2.55. The summed E-state index contributed by atoms with van der Waals surface area (Å²) in [6.45, 7) is 5.86. The van der Waals surface area contributed by atoms with Crippen molar-refractivity contribution in [3.63, 3.8) is 0 Å². The molecule has 1 aromatic carbocycles. The number of fused-ring (bicyclic) bond motifs is 3. The van der Waals surface area contributed by atoms with Gasteiger partial charge in [0, 0.05) is 5.92 Å². The third-order valence-electron chi connectivity index (χ3n) is 7.19. The average Bonchev–Trinajstić information content (AvgIpc) is 2.75. The van der Waals surface area contributed by atoms with Gasteiger partial charge in [0.05, 0.1) is 29.2 Å². The molecule has 3 aliphatic rings. The van der Waals surface area contributed by atoms with Crippen LogP contribution in [0.15, 0.2) is 41.4 Å². The van der Waals surface area contributed by atoms with Crippen LogP contribution in [0.25, 0.3) is 5.57 Å². The first kappa shape index (κ1) is 23.7. The molecule has 1 amide bonds. The number of ketones is 2. The quantitative estimate of drug-likeness (QED) is 0.334. The predicted molar refractivity (Wildman–Crippen MR) is 120 cm³/mol. The minimum absolute atomic E-state index is 0.169. The van der Waals surface area contributed by atoms with Gasteiger partial charge in [-0.25, -0.2) is 0 Å². The van der Waals surface area contributed by atoms with Gasteiger partial charge in [-0.1, -0.05) is 19.6 Å². The van der Waals surface area contributed by atoms with Crippen molar-refractivity contribution in [2.45, 2.75) is 31.1 Å². The zero-order chi connectivity index (χ0) is 25.4. The molecule has 0 aromatic heterocycles. The highest BCUT2D eigenvalue weighted by molar-refractivity contribution is 6.25. The zero-order valence-electron chi connectivity index (χ0n) is 18.9. The number of carbonyl (C=O) groups is 3. The van der Waals surface area contributed by atoms with Crippen LogP contribution in [0.1, 0.15) is 28.4 Å². The molecular weight excluding hydrogens is 444 g/mol. The van der Waals surface area contributed by atoms with Crippen molar-refractivity contribution >= 4 is 23.0 Å². The van der Waals surface area contributed by atoms with Gasteiger partial charge in [0.2, 0.25) is 5.78 Å². The first-order chi connectivity index (χ1) is 15.8. The summed E-state index contributed by atoms with van der Waals surface area (Å²) in [4.78, 5) is 40.2. The number of hydrogen-bond acceptors (Lipinski definition) is 9. The molecule has 0 fully saturated rings. The molecule has 0 saturated heterocycles. The first-order valence-electron chi connectivity index (χ1n) is 10.7. The number of nitrogens with zero attached hydrogens (tertiary/aromatic N) is 1. The number of nitrogens with two attached hydrogens (primary N) is 1. The van der Waals surface area contributed by atoms with E-state index in [1.807, 2.05) is 6.92 Å². The Balaban J connectivity index is 2.08. The maximum absolute atomic E-state index is 13.5. The van der Waals surface area contributed by atoms with E-state index in [-0.39, 0.29) is 11.1 Å². The molecule has 0 unspecified atom stereocenters. The minimum Gasteiger partial charge on any atom is -0.510 e. The third-order valence-corrected chi connectivity index (χ3v) is 7.19. The molecule has 34 heavy (non-hydrogen) atoms. The van der Waals surface area contributed by atoms with Crippen LogP contribution in [0, 0.1) is 11.8 Å². The SMILES string of the molecule is C=C1c2c(CC)ccc(O)c2C(=O)C2=C(O)[C@@]3(O)C(=O)C(C(N)=O)=C(O)[C@H](N(C)C)[C@H]3[C@H](O)[C@@H]12. The van der Waals surface area contributed by atoms with E-state index in [1.54, 1.807) is 6.07 Å². The van der Waals surface area contributed by atoms with E-state index in [2.05, 4.69) is 6.58 Å². The smallest absolute Gasteiger partial charge is 0.255 e. The van der Waals surface area contributed by atoms with Gasteiger partial charge in [-0.3, -0.25) is 19.3 Å². The minimum atomic E-state index is -2.94. The van der Waals surface area contributed by atoms with Crippen molar-refractivity contribution in [1.29, 1.82) is 0 Å². The predicted octanol–water partition coefficient (Wildman–Crippen LogP) is 0.125.